The number of hydrogen-bond acceptors (Lipinski definition) is 4. The lowest BCUT2D eigenvalue weighted by Gasteiger charge is -2.36. The van der Waals surface area contributed by atoms with Gasteiger partial charge in [0.05, 0.1) is 11.6 Å². The Morgan fingerprint density at radius 2 is 2.29 bits per heavy atom. The van der Waals surface area contributed by atoms with Crippen LogP contribution >= 0.6 is 23.1 Å². The van der Waals surface area contributed by atoms with E-state index in [0.717, 1.165) is 18.4 Å². The first kappa shape index (κ1) is 12.5. The molecule has 3 nitrogen and oxygen atoms in total. The number of piperidine rings is 1. The van der Waals surface area contributed by atoms with E-state index in [-0.39, 0.29) is 10.7 Å². The SMILES string of the molecule is CSC1(C#N)CCN(C(=O)c2ccsc2)CC1. The fraction of sp³-hybridized carbons (Fsp3) is 0.500. The quantitative estimate of drug-likeness (QED) is 0.826. The Kier molecular flexibility index (Phi) is 3.75. The van der Waals surface area contributed by atoms with Crippen LogP contribution in [0, 0.1) is 11.3 Å². The van der Waals surface area contributed by atoms with Crippen LogP contribution in [0.2, 0.25) is 0 Å². The largest absolute Gasteiger partial charge is 0.338 e. The standard InChI is InChI=1S/C12H14N2OS2/c1-16-12(9-13)3-5-14(6-4-12)11(15)10-2-7-17-8-10/h2,7-8H,3-6H2,1H3. The van der Waals surface area contributed by atoms with Gasteiger partial charge in [-0.2, -0.15) is 16.6 Å². The normalized spacial score (nSPS) is 18.7. The molecule has 1 aromatic heterocycles. The lowest BCUT2D eigenvalue weighted by atomic mass is 9.97. The number of carbonyl (C=O) groups is 1. The zero-order valence-corrected chi connectivity index (χ0v) is 11.3. The Labute approximate surface area is 109 Å². The summed E-state index contributed by atoms with van der Waals surface area (Å²) >= 11 is 3.14. The van der Waals surface area contributed by atoms with E-state index in [0.29, 0.717) is 13.1 Å². The minimum absolute atomic E-state index is 0.0962. The summed E-state index contributed by atoms with van der Waals surface area (Å²) in [5, 5.41) is 13.0. The van der Waals surface area contributed by atoms with Crippen LogP contribution < -0.4 is 0 Å². The molecule has 0 aromatic carbocycles. The van der Waals surface area contributed by atoms with E-state index < -0.39 is 0 Å². The summed E-state index contributed by atoms with van der Waals surface area (Å²) in [6.07, 6.45) is 3.50. The summed E-state index contributed by atoms with van der Waals surface area (Å²) in [5.41, 5.74) is 0.767. The maximum atomic E-state index is 12.1. The van der Waals surface area contributed by atoms with Crippen molar-refractivity contribution in [1.29, 1.82) is 5.26 Å². The molecule has 1 aliphatic rings. The van der Waals surface area contributed by atoms with Crippen LogP contribution in [-0.2, 0) is 0 Å². The molecule has 2 rings (SSSR count). The van der Waals surface area contributed by atoms with Crippen molar-refractivity contribution < 1.29 is 4.79 Å². The monoisotopic (exact) mass is 266 g/mol. The van der Waals surface area contributed by atoms with Gasteiger partial charge in [-0.15, -0.1) is 11.8 Å². The molecule has 0 N–H and O–H groups in total. The van der Waals surface area contributed by atoms with Crippen molar-refractivity contribution in [3.8, 4) is 6.07 Å². The second-order valence-corrected chi connectivity index (χ2v) is 6.08. The molecule has 0 atom stereocenters. The summed E-state index contributed by atoms with van der Waals surface area (Å²) in [6.45, 7) is 1.37. The Hall–Kier alpha value is -0.990. The zero-order valence-electron chi connectivity index (χ0n) is 9.68. The van der Waals surface area contributed by atoms with Crippen molar-refractivity contribution >= 4 is 29.0 Å². The van der Waals surface area contributed by atoms with Crippen molar-refractivity contribution in [1.82, 2.24) is 4.90 Å². The third-order valence-electron chi connectivity index (χ3n) is 3.22. The van der Waals surface area contributed by atoms with E-state index in [9.17, 15) is 10.1 Å². The zero-order chi connectivity index (χ0) is 12.3. The number of rotatable bonds is 2. The van der Waals surface area contributed by atoms with Crippen LogP contribution in [0.25, 0.3) is 0 Å². The minimum Gasteiger partial charge on any atom is -0.338 e. The molecule has 2 heterocycles. The average Bonchev–Trinajstić information content (AvgIpc) is 2.92. The van der Waals surface area contributed by atoms with Gasteiger partial charge in [0, 0.05) is 18.5 Å². The molecular formula is C12H14N2OS2. The molecule has 0 aliphatic carbocycles. The highest BCUT2D eigenvalue weighted by Gasteiger charge is 2.35. The third-order valence-corrected chi connectivity index (χ3v) is 5.19. The number of nitriles is 1. The van der Waals surface area contributed by atoms with Crippen molar-refractivity contribution in [3.05, 3.63) is 22.4 Å². The maximum absolute atomic E-state index is 12.1. The summed E-state index contributed by atoms with van der Waals surface area (Å²) in [5.74, 6) is 0.0962. The van der Waals surface area contributed by atoms with Crippen molar-refractivity contribution in [2.45, 2.75) is 17.6 Å². The van der Waals surface area contributed by atoms with Gasteiger partial charge >= 0.3 is 0 Å². The van der Waals surface area contributed by atoms with E-state index in [4.69, 9.17) is 0 Å². The molecule has 90 valence electrons. The molecule has 0 radical (unpaired) electrons. The van der Waals surface area contributed by atoms with Gasteiger partial charge in [-0.25, -0.2) is 0 Å². The fourth-order valence-corrected chi connectivity index (χ4v) is 3.31. The number of thiophene rings is 1. The van der Waals surface area contributed by atoms with Crippen LogP contribution in [0.3, 0.4) is 0 Å². The minimum atomic E-state index is -0.286. The molecule has 0 spiro atoms. The maximum Gasteiger partial charge on any atom is 0.254 e. The number of amides is 1. The second-order valence-electron chi connectivity index (χ2n) is 4.11. The summed E-state index contributed by atoms with van der Waals surface area (Å²) < 4.78 is -0.286. The van der Waals surface area contributed by atoms with Crippen LogP contribution in [0.1, 0.15) is 23.2 Å². The summed E-state index contributed by atoms with van der Waals surface area (Å²) in [4.78, 5) is 13.9. The van der Waals surface area contributed by atoms with Crippen molar-refractivity contribution in [2.24, 2.45) is 0 Å². The van der Waals surface area contributed by atoms with Gasteiger partial charge in [-0.1, -0.05) is 0 Å². The Balaban J connectivity index is 2.01. The van der Waals surface area contributed by atoms with E-state index >= 15 is 0 Å². The molecule has 5 heteroatoms. The third kappa shape index (κ3) is 2.48. The van der Waals surface area contributed by atoms with E-state index in [1.54, 1.807) is 11.8 Å². The van der Waals surface area contributed by atoms with E-state index in [1.165, 1.54) is 11.3 Å². The lowest BCUT2D eigenvalue weighted by Crippen LogP contribution is -2.44. The first-order valence-corrected chi connectivity index (χ1v) is 7.65. The molecule has 1 aromatic rings. The fourth-order valence-electron chi connectivity index (χ4n) is 2.00. The molecule has 17 heavy (non-hydrogen) atoms. The molecule has 1 amide bonds. The Morgan fingerprint density at radius 1 is 1.59 bits per heavy atom. The van der Waals surface area contributed by atoms with Gasteiger partial charge < -0.3 is 4.90 Å². The number of thioether (sulfide) groups is 1. The number of carbonyl (C=O) groups excluding carboxylic acids is 1. The van der Waals surface area contributed by atoms with Gasteiger partial charge in [0.25, 0.3) is 5.91 Å². The van der Waals surface area contributed by atoms with Crippen LogP contribution in [0.15, 0.2) is 16.8 Å². The highest BCUT2D eigenvalue weighted by atomic mass is 32.2. The van der Waals surface area contributed by atoms with Gasteiger partial charge in [-0.3, -0.25) is 4.79 Å². The smallest absolute Gasteiger partial charge is 0.254 e. The second kappa shape index (κ2) is 5.11. The number of nitrogens with zero attached hydrogens (tertiary/aromatic N) is 2. The van der Waals surface area contributed by atoms with Crippen LogP contribution in [0.5, 0.6) is 0 Å². The molecule has 1 fully saturated rings. The van der Waals surface area contributed by atoms with E-state index in [2.05, 4.69) is 6.07 Å². The van der Waals surface area contributed by atoms with Gasteiger partial charge in [0.2, 0.25) is 0 Å². The van der Waals surface area contributed by atoms with E-state index in [1.807, 2.05) is 28.0 Å². The molecule has 1 aliphatic heterocycles. The predicted molar refractivity (Wildman–Crippen MR) is 71.3 cm³/mol. The van der Waals surface area contributed by atoms with Gasteiger partial charge in [0.1, 0.15) is 4.75 Å². The highest BCUT2D eigenvalue weighted by Crippen LogP contribution is 2.34. The molecule has 0 unspecified atom stereocenters. The molecule has 1 saturated heterocycles. The number of likely N-dealkylation sites (tertiary alicyclic amines) is 1. The predicted octanol–water partition coefficient (Wildman–Crippen LogP) is 2.61. The topological polar surface area (TPSA) is 44.1 Å². The van der Waals surface area contributed by atoms with Gasteiger partial charge in [-0.05, 0) is 30.5 Å². The van der Waals surface area contributed by atoms with Crippen LogP contribution in [-0.4, -0.2) is 34.9 Å². The first-order chi connectivity index (χ1) is 8.21. The summed E-state index contributed by atoms with van der Waals surface area (Å²) in [7, 11) is 0. The van der Waals surface area contributed by atoms with Gasteiger partial charge in [0.15, 0.2) is 0 Å². The summed E-state index contributed by atoms with van der Waals surface area (Å²) in [6, 6.07) is 4.24. The number of hydrogen-bond donors (Lipinski definition) is 0. The average molecular weight is 266 g/mol. The molecular weight excluding hydrogens is 252 g/mol. The van der Waals surface area contributed by atoms with Crippen molar-refractivity contribution in [3.63, 3.8) is 0 Å². The lowest BCUT2D eigenvalue weighted by molar-refractivity contribution is 0.0717. The molecule has 0 saturated carbocycles. The Morgan fingerprint density at radius 3 is 2.76 bits per heavy atom. The Bertz CT molecular complexity index is 428. The highest BCUT2D eigenvalue weighted by molar-refractivity contribution is 8.00. The molecule has 0 bridgehead atoms. The first-order valence-electron chi connectivity index (χ1n) is 5.49. The van der Waals surface area contributed by atoms with Crippen LogP contribution in [0.4, 0.5) is 0 Å². The van der Waals surface area contributed by atoms with Crippen molar-refractivity contribution in [2.75, 3.05) is 19.3 Å².